The molecule has 1 aromatic heterocycles. The van der Waals surface area contributed by atoms with Crippen LogP contribution < -0.4 is 5.32 Å². The monoisotopic (exact) mass is 345 g/mol. The molecular weight excluding hydrogens is 326 g/mol. The third-order valence-corrected chi connectivity index (χ3v) is 5.05. The van der Waals surface area contributed by atoms with Gasteiger partial charge in [-0.15, -0.1) is 11.3 Å². The molecule has 0 aliphatic carbocycles. The van der Waals surface area contributed by atoms with Crippen molar-refractivity contribution in [3.05, 3.63) is 20.8 Å². The minimum atomic E-state index is -0.0724. The first kappa shape index (κ1) is 15.0. The number of carbonyl (C=O) groups is 1. The molecule has 0 radical (unpaired) electrons. The molecule has 0 spiro atoms. The largest absolute Gasteiger partial charge is 0.339 e. The predicted octanol–water partition coefficient (Wildman–Crippen LogP) is 1.76. The molecule has 1 amide bonds. The Morgan fingerprint density at radius 3 is 2.84 bits per heavy atom. The lowest BCUT2D eigenvalue weighted by molar-refractivity contribution is -0.136. The summed E-state index contributed by atoms with van der Waals surface area (Å²) in [5.74, 6) is 0.235. The van der Waals surface area contributed by atoms with Crippen molar-refractivity contribution in [2.45, 2.75) is 19.5 Å². The predicted molar refractivity (Wildman–Crippen MR) is 82.4 cm³/mol. The lowest BCUT2D eigenvalue weighted by Gasteiger charge is -2.33. The Bertz CT molecular complexity index is 431. The van der Waals surface area contributed by atoms with E-state index in [2.05, 4.69) is 37.6 Å². The molecule has 2 rings (SSSR count). The fourth-order valence-corrected chi connectivity index (χ4v) is 3.39. The van der Waals surface area contributed by atoms with Crippen LogP contribution in [0.1, 0.15) is 12.5 Å². The van der Waals surface area contributed by atoms with Crippen molar-refractivity contribution in [1.29, 1.82) is 0 Å². The van der Waals surface area contributed by atoms with E-state index in [1.807, 2.05) is 18.9 Å². The molecule has 1 aliphatic rings. The first-order valence-electron chi connectivity index (χ1n) is 6.50. The number of piperazine rings is 1. The molecule has 6 heteroatoms. The number of nitrogens with one attached hydrogen (secondary N) is 1. The van der Waals surface area contributed by atoms with Gasteiger partial charge in [0.25, 0.3) is 0 Å². The number of rotatable bonds is 4. The zero-order valence-electron chi connectivity index (χ0n) is 11.4. The van der Waals surface area contributed by atoms with Crippen molar-refractivity contribution in [3.8, 4) is 0 Å². The Morgan fingerprint density at radius 2 is 2.26 bits per heavy atom. The molecule has 106 valence electrons. The maximum Gasteiger partial charge on any atom is 0.239 e. The van der Waals surface area contributed by atoms with E-state index in [0.717, 1.165) is 36.5 Å². The summed E-state index contributed by atoms with van der Waals surface area (Å²) >= 11 is 5.15. The van der Waals surface area contributed by atoms with Crippen LogP contribution in [-0.2, 0) is 11.3 Å². The molecule has 0 aromatic carbocycles. The van der Waals surface area contributed by atoms with Crippen LogP contribution in [0.4, 0.5) is 0 Å². The third kappa shape index (κ3) is 4.02. The molecule has 1 saturated heterocycles. The summed E-state index contributed by atoms with van der Waals surface area (Å²) in [7, 11) is 2.01. The molecule has 1 fully saturated rings. The Hall–Kier alpha value is -0.430. The summed E-state index contributed by atoms with van der Waals surface area (Å²) in [6.45, 7) is 6.24. The Morgan fingerprint density at radius 1 is 1.58 bits per heavy atom. The van der Waals surface area contributed by atoms with Crippen LogP contribution in [0.3, 0.4) is 0 Å². The van der Waals surface area contributed by atoms with Gasteiger partial charge < -0.3 is 10.2 Å². The second-order valence-electron chi connectivity index (χ2n) is 4.93. The third-order valence-electron chi connectivity index (χ3n) is 3.50. The summed E-state index contributed by atoms with van der Waals surface area (Å²) in [6.07, 6.45) is 0. The van der Waals surface area contributed by atoms with E-state index in [1.54, 1.807) is 11.3 Å². The summed E-state index contributed by atoms with van der Waals surface area (Å²) in [5.41, 5.74) is 1.25. The normalized spacial score (nSPS) is 17.8. The standard InChI is InChI=1S/C13H20BrN3OS/c1-10(13(18)17-5-3-15-4-6-17)16(2)8-11-7-12(14)19-9-11/h7,9-10,15H,3-6,8H2,1-2H3. The van der Waals surface area contributed by atoms with E-state index < -0.39 is 0 Å². The van der Waals surface area contributed by atoms with E-state index in [0.29, 0.717) is 0 Å². The number of nitrogens with zero attached hydrogens (tertiary/aromatic N) is 2. The summed E-state index contributed by atoms with van der Waals surface area (Å²) in [5, 5.41) is 5.40. The first-order valence-corrected chi connectivity index (χ1v) is 8.18. The van der Waals surface area contributed by atoms with Gasteiger partial charge in [0.15, 0.2) is 0 Å². The topological polar surface area (TPSA) is 35.6 Å². The summed E-state index contributed by atoms with van der Waals surface area (Å²) < 4.78 is 1.14. The molecular formula is C13H20BrN3OS. The maximum atomic E-state index is 12.4. The number of hydrogen-bond acceptors (Lipinski definition) is 4. The van der Waals surface area contributed by atoms with Crippen molar-refractivity contribution in [3.63, 3.8) is 0 Å². The first-order chi connectivity index (χ1) is 9.08. The van der Waals surface area contributed by atoms with Gasteiger partial charge in [-0.05, 0) is 46.9 Å². The van der Waals surface area contributed by atoms with Gasteiger partial charge in [0, 0.05) is 32.7 Å². The number of carbonyl (C=O) groups excluding carboxylic acids is 1. The highest BCUT2D eigenvalue weighted by Crippen LogP contribution is 2.22. The van der Waals surface area contributed by atoms with Crippen LogP contribution in [0.5, 0.6) is 0 Å². The maximum absolute atomic E-state index is 12.4. The van der Waals surface area contributed by atoms with Crippen LogP contribution in [0.25, 0.3) is 0 Å². The van der Waals surface area contributed by atoms with Gasteiger partial charge in [0.2, 0.25) is 5.91 Å². The van der Waals surface area contributed by atoms with Gasteiger partial charge in [-0.1, -0.05) is 0 Å². The molecule has 1 N–H and O–H groups in total. The van der Waals surface area contributed by atoms with Gasteiger partial charge in [-0.2, -0.15) is 0 Å². The van der Waals surface area contributed by atoms with Crippen LogP contribution in [0.2, 0.25) is 0 Å². The van der Waals surface area contributed by atoms with Crippen molar-refractivity contribution in [2.75, 3.05) is 33.2 Å². The summed E-state index contributed by atoms with van der Waals surface area (Å²) in [6, 6.07) is 2.04. The van der Waals surface area contributed by atoms with Crippen LogP contribution in [0.15, 0.2) is 15.2 Å². The molecule has 1 atom stereocenters. The van der Waals surface area contributed by atoms with Gasteiger partial charge in [-0.25, -0.2) is 0 Å². The average molecular weight is 346 g/mol. The van der Waals surface area contributed by atoms with E-state index in [4.69, 9.17) is 0 Å². The minimum absolute atomic E-state index is 0.0724. The molecule has 0 saturated carbocycles. The highest BCUT2D eigenvalue weighted by molar-refractivity contribution is 9.11. The Balaban J connectivity index is 1.90. The highest BCUT2D eigenvalue weighted by atomic mass is 79.9. The fraction of sp³-hybridized carbons (Fsp3) is 0.615. The van der Waals surface area contributed by atoms with Crippen LogP contribution in [0, 0.1) is 0 Å². The SMILES string of the molecule is CC(C(=O)N1CCNCC1)N(C)Cc1csc(Br)c1. The zero-order chi connectivity index (χ0) is 13.8. The fourth-order valence-electron chi connectivity index (χ4n) is 2.19. The lowest BCUT2D eigenvalue weighted by atomic mass is 10.2. The molecule has 2 heterocycles. The molecule has 0 bridgehead atoms. The van der Waals surface area contributed by atoms with Gasteiger partial charge >= 0.3 is 0 Å². The van der Waals surface area contributed by atoms with Crippen LogP contribution in [-0.4, -0.2) is 55.0 Å². The molecule has 1 aliphatic heterocycles. The van der Waals surface area contributed by atoms with Crippen molar-refractivity contribution < 1.29 is 4.79 Å². The van der Waals surface area contributed by atoms with E-state index >= 15 is 0 Å². The number of halogens is 1. The number of hydrogen-bond donors (Lipinski definition) is 1. The second-order valence-corrected chi connectivity index (χ2v) is 7.22. The lowest BCUT2D eigenvalue weighted by Crippen LogP contribution is -2.52. The van der Waals surface area contributed by atoms with E-state index in [-0.39, 0.29) is 11.9 Å². The van der Waals surface area contributed by atoms with Crippen LogP contribution >= 0.6 is 27.3 Å². The zero-order valence-corrected chi connectivity index (χ0v) is 13.8. The van der Waals surface area contributed by atoms with E-state index in [1.165, 1.54) is 5.56 Å². The Labute approximate surface area is 126 Å². The summed E-state index contributed by atoms with van der Waals surface area (Å²) in [4.78, 5) is 16.5. The van der Waals surface area contributed by atoms with Crippen molar-refractivity contribution in [2.24, 2.45) is 0 Å². The van der Waals surface area contributed by atoms with Gasteiger partial charge in [0.05, 0.1) is 9.83 Å². The molecule has 1 unspecified atom stereocenters. The highest BCUT2D eigenvalue weighted by Gasteiger charge is 2.24. The minimum Gasteiger partial charge on any atom is -0.339 e. The van der Waals surface area contributed by atoms with Crippen molar-refractivity contribution in [1.82, 2.24) is 15.1 Å². The molecule has 19 heavy (non-hydrogen) atoms. The number of thiophene rings is 1. The van der Waals surface area contributed by atoms with Gasteiger partial charge in [0.1, 0.15) is 0 Å². The quantitative estimate of drug-likeness (QED) is 0.903. The van der Waals surface area contributed by atoms with Crippen molar-refractivity contribution >= 4 is 33.2 Å². The van der Waals surface area contributed by atoms with Gasteiger partial charge in [-0.3, -0.25) is 9.69 Å². The average Bonchev–Trinajstić information content (AvgIpc) is 2.83. The smallest absolute Gasteiger partial charge is 0.239 e. The number of amides is 1. The number of likely N-dealkylation sites (N-methyl/N-ethyl adjacent to an activating group) is 1. The second kappa shape index (κ2) is 6.83. The molecule has 1 aromatic rings. The Kier molecular flexibility index (Phi) is 5.38. The molecule has 4 nitrogen and oxygen atoms in total. The van der Waals surface area contributed by atoms with E-state index in [9.17, 15) is 4.79 Å².